The Hall–Kier alpha value is -1.35. The summed E-state index contributed by atoms with van der Waals surface area (Å²) in [5.74, 6) is 0.387. The fourth-order valence-electron chi connectivity index (χ4n) is 2.62. The molecule has 20 heavy (non-hydrogen) atoms. The number of Topliss-reactive ketones (excluding diaryl/α,β-unsaturated/α-hetero) is 1. The summed E-state index contributed by atoms with van der Waals surface area (Å²) >= 11 is 0. The van der Waals surface area contributed by atoms with E-state index in [-0.39, 0.29) is 11.5 Å². The maximum atomic E-state index is 11.9. The average Bonchev–Trinajstić information content (AvgIpc) is 2.48. The lowest BCUT2D eigenvalue weighted by molar-refractivity contribution is 0.0978. The Bertz CT molecular complexity index is 408. The van der Waals surface area contributed by atoms with Crippen LogP contribution >= 0.6 is 0 Å². The number of rotatable bonds is 7. The molecule has 1 aliphatic rings. The Balaban J connectivity index is 1.58. The van der Waals surface area contributed by atoms with Gasteiger partial charge in [-0.1, -0.05) is 6.42 Å². The predicted molar refractivity (Wildman–Crippen MR) is 80.9 cm³/mol. The van der Waals surface area contributed by atoms with Crippen molar-refractivity contribution in [3.63, 3.8) is 0 Å². The molecule has 1 radical (unpaired) electrons. The molecule has 0 aromatic heterocycles. The van der Waals surface area contributed by atoms with E-state index in [1.54, 1.807) is 24.3 Å². The van der Waals surface area contributed by atoms with Crippen LogP contribution in [0.5, 0.6) is 5.75 Å². The van der Waals surface area contributed by atoms with Gasteiger partial charge in [0.2, 0.25) is 0 Å². The van der Waals surface area contributed by atoms with Gasteiger partial charge in [0, 0.05) is 12.0 Å². The number of phenols is 1. The summed E-state index contributed by atoms with van der Waals surface area (Å²) in [6.07, 6.45) is 8.68. The highest BCUT2D eigenvalue weighted by Gasteiger charge is 2.09. The quantitative estimate of drug-likeness (QED) is 0.611. The third kappa shape index (κ3) is 4.97. The molecule has 1 N–H and O–H groups in total. The summed E-state index contributed by atoms with van der Waals surface area (Å²) in [6.45, 7) is 3.57. The molecule has 1 saturated heterocycles. The van der Waals surface area contributed by atoms with Gasteiger partial charge >= 0.3 is 0 Å². The van der Waals surface area contributed by atoms with Crippen molar-refractivity contribution in [1.29, 1.82) is 0 Å². The smallest absolute Gasteiger partial charge is 0.162 e. The van der Waals surface area contributed by atoms with Crippen molar-refractivity contribution in [3.05, 3.63) is 36.2 Å². The van der Waals surface area contributed by atoms with Crippen molar-refractivity contribution in [2.75, 3.05) is 19.6 Å². The highest BCUT2D eigenvalue weighted by atomic mass is 16.3. The minimum Gasteiger partial charge on any atom is -0.508 e. The van der Waals surface area contributed by atoms with Crippen molar-refractivity contribution in [2.24, 2.45) is 0 Å². The molecule has 2 rings (SSSR count). The molecule has 0 amide bonds. The van der Waals surface area contributed by atoms with Gasteiger partial charge in [-0.3, -0.25) is 4.79 Å². The van der Waals surface area contributed by atoms with Crippen LogP contribution in [0, 0.1) is 6.42 Å². The molecule has 0 unspecified atom stereocenters. The van der Waals surface area contributed by atoms with Gasteiger partial charge in [-0.15, -0.1) is 0 Å². The maximum Gasteiger partial charge on any atom is 0.162 e. The number of unbranched alkanes of at least 4 members (excludes halogenated alkanes) is 2. The van der Waals surface area contributed by atoms with Crippen LogP contribution in [-0.2, 0) is 0 Å². The van der Waals surface area contributed by atoms with Crippen molar-refractivity contribution in [1.82, 2.24) is 4.90 Å². The molecule has 0 bridgehead atoms. The SMILES string of the molecule is O=C(CCCCCN1CC[CH]CC1)c1ccc(O)cc1. The van der Waals surface area contributed by atoms with E-state index in [1.165, 1.54) is 38.9 Å². The Labute approximate surface area is 121 Å². The third-order valence-electron chi connectivity index (χ3n) is 3.87. The van der Waals surface area contributed by atoms with Crippen LogP contribution in [0.1, 0.15) is 48.9 Å². The monoisotopic (exact) mass is 274 g/mol. The molecule has 3 heteroatoms. The minimum absolute atomic E-state index is 0.178. The topological polar surface area (TPSA) is 40.5 Å². The largest absolute Gasteiger partial charge is 0.508 e. The molecule has 1 aromatic carbocycles. The van der Waals surface area contributed by atoms with Gasteiger partial charge in [0.15, 0.2) is 5.78 Å². The number of benzene rings is 1. The Kier molecular flexibility index (Phi) is 6.06. The second-order valence-electron chi connectivity index (χ2n) is 5.49. The summed E-state index contributed by atoms with van der Waals surface area (Å²) in [6, 6.07) is 6.53. The van der Waals surface area contributed by atoms with Gasteiger partial charge in [-0.05, 0) is 76.0 Å². The number of hydrogen-bond acceptors (Lipinski definition) is 3. The summed E-state index contributed by atoms with van der Waals surface area (Å²) in [5, 5.41) is 9.19. The summed E-state index contributed by atoms with van der Waals surface area (Å²) < 4.78 is 0. The second kappa shape index (κ2) is 8.05. The van der Waals surface area contributed by atoms with Gasteiger partial charge in [0.1, 0.15) is 5.75 Å². The molecule has 109 valence electrons. The number of hydrogen-bond donors (Lipinski definition) is 1. The first kappa shape index (κ1) is 15.0. The van der Waals surface area contributed by atoms with Gasteiger partial charge in [0.25, 0.3) is 0 Å². The fourth-order valence-corrected chi connectivity index (χ4v) is 2.62. The van der Waals surface area contributed by atoms with Crippen molar-refractivity contribution < 1.29 is 9.90 Å². The van der Waals surface area contributed by atoms with Crippen LogP contribution in [-0.4, -0.2) is 35.4 Å². The lowest BCUT2D eigenvalue weighted by Crippen LogP contribution is -2.30. The number of phenolic OH excluding ortho intramolecular Hbond substituents is 1. The number of carbonyl (C=O) groups is 1. The number of aromatic hydroxyl groups is 1. The van der Waals surface area contributed by atoms with Crippen LogP contribution in [0.2, 0.25) is 0 Å². The van der Waals surface area contributed by atoms with Crippen molar-refractivity contribution >= 4 is 5.78 Å². The number of piperidine rings is 1. The molecule has 1 aromatic rings. The predicted octanol–water partition coefficient (Wildman–Crippen LogP) is 3.44. The van der Waals surface area contributed by atoms with E-state index < -0.39 is 0 Å². The highest BCUT2D eigenvalue weighted by Crippen LogP contribution is 2.14. The van der Waals surface area contributed by atoms with E-state index in [4.69, 9.17) is 0 Å². The van der Waals surface area contributed by atoms with Crippen LogP contribution in [0.15, 0.2) is 24.3 Å². The first-order valence-electron chi connectivity index (χ1n) is 7.62. The van der Waals surface area contributed by atoms with Gasteiger partial charge in [0.05, 0.1) is 0 Å². The maximum absolute atomic E-state index is 11.9. The van der Waals surface area contributed by atoms with E-state index in [0.29, 0.717) is 12.0 Å². The second-order valence-corrected chi connectivity index (χ2v) is 5.49. The van der Waals surface area contributed by atoms with E-state index in [1.807, 2.05) is 0 Å². The molecule has 0 atom stereocenters. The van der Waals surface area contributed by atoms with Crippen LogP contribution in [0.25, 0.3) is 0 Å². The third-order valence-corrected chi connectivity index (χ3v) is 3.87. The van der Waals surface area contributed by atoms with Crippen LogP contribution < -0.4 is 0 Å². The molecule has 3 nitrogen and oxygen atoms in total. The summed E-state index contributed by atoms with van der Waals surface area (Å²) in [4.78, 5) is 14.4. The fraction of sp³-hybridized carbons (Fsp3) is 0.529. The zero-order chi connectivity index (χ0) is 14.2. The van der Waals surface area contributed by atoms with Crippen molar-refractivity contribution in [2.45, 2.75) is 38.5 Å². The molecule has 0 aliphatic carbocycles. The average molecular weight is 274 g/mol. The standard InChI is InChI=1S/C17H24NO2/c19-16-10-8-15(9-11-16)17(20)7-3-1-4-12-18-13-5-2-6-14-18/h2,8-11,19H,1,3-7,12-14H2. The van der Waals surface area contributed by atoms with E-state index in [0.717, 1.165) is 12.8 Å². The first-order chi connectivity index (χ1) is 9.75. The molecule has 1 heterocycles. The molecular weight excluding hydrogens is 250 g/mol. The molecular formula is C17H24NO2. The lowest BCUT2D eigenvalue weighted by atomic mass is 10.0. The van der Waals surface area contributed by atoms with Crippen LogP contribution in [0.4, 0.5) is 0 Å². The van der Waals surface area contributed by atoms with E-state index in [9.17, 15) is 9.90 Å². The zero-order valence-corrected chi connectivity index (χ0v) is 12.1. The lowest BCUT2D eigenvalue weighted by Gasteiger charge is -2.26. The summed E-state index contributed by atoms with van der Waals surface area (Å²) in [7, 11) is 0. The van der Waals surface area contributed by atoms with Crippen LogP contribution in [0.3, 0.4) is 0 Å². The molecule has 0 spiro atoms. The minimum atomic E-state index is 0.178. The zero-order valence-electron chi connectivity index (χ0n) is 12.1. The molecule has 0 saturated carbocycles. The molecule has 1 aliphatic heterocycles. The Morgan fingerprint density at radius 3 is 2.45 bits per heavy atom. The highest BCUT2D eigenvalue weighted by molar-refractivity contribution is 5.96. The van der Waals surface area contributed by atoms with E-state index in [2.05, 4.69) is 11.3 Å². The number of carbonyl (C=O) groups excluding carboxylic acids is 1. The van der Waals surface area contributed by atoms with Gasteiger partial charge in [-0.2, -0.15) is 0 Å². The van der Waals surface area contributed by atoms with Gasteiger partial charge in [-0.25, -0.2) is 0 Å². The Morgan fingerprint density at radius 1 is 1.05 bits per heavy atom. The summed E-state index contributed by atoms with van der Waals surface area (Å²) in [5.41, 5.74) is 0.703. The molecule has 1 fully saturated rings. The first-order valence-corrected chi connectivity index (χ1v) is 7.62. The normalized spacial score (nSPS) is 16.2. The van der Waals surface area contributed by atoms with Gasteiger partial charge < -0.3 is 10.0 Å². The number of nitrogens with zero attached hydrogens (tertiary/aromatic N) is 1. The van der Waals surface area contributed by atoms with Crippen molar-refractivity contribution in [3.8, 4) is 5.75 Å². The van der Waals surface area contributed by atoms with E-state index >= 15 is 0 Å². The Morgan fingerprint density at radius 2 is 1.75 bits per heavy atom. The number of likely N-dealkylation sites (tertiary alicyclic amines) is 1. The number of ketones is 1.